The summed E-state index contributed by atoms with van der Waals surface area (Å²) < 4.78 is 26.0. The molecule has 0 fully saturated rings. The van der Waals surface area contributed by atoms with Gasteiger partial charge in [0, 0.05) is 9.37 Å². The van der Waals surface area contributed by atoms with Crippen LogP contribution in [0.4, 0.5) is 15.8 Å². The highest BCUT2D eigenvalue weighted by Gasteiger charge is 2.12. The van der Waals surface area contributed by atoms with Crippen molar-refractivity contribution < 1.29 is 13.4 Å². The lowest BCUT2D eigenvalue weighted by Crippen LogP contribution is -2.20. The molecule has 0 bridgehead atoms. The number of nitrogen functional groups attached to an aromatic ring is 1. The standard InChI is InChI=1S/C14H12BrFN2O2S/c15-9-1-4-11(5-2-9)21(20)8-14(19)18-13-7-10(16)3-6-12(13)17/h1-7H,8,17H2,(H,18,19). The summed E-state index contributed by atoms with van der Waals surface area (Å²) in [6, 6.07) is 10.5. The second-order valence-corrected chi connectivity index (χ2v) is 6.59. The zero-order valence-electron chi connectivity index (χ0n) is 10.8. The minimum atomic E-state index is -1.47. The number of halogens is 2. The SMILES string of the molecule is Nc1ccc(F)cc1NC(=O)CS(=O)c1ccc(Br)cc1. The van der Waals surface area contributed by atoms with E-state index in [0.717, 1.165) is 10.5 Å². The third-order valence-electron chi connectivity index (χ3n) is 2.63. The zero-order valence-corrected chi connectivity index (χ0v) is 13.2. The van der Waals surface area contributed by atoms with Gasteiger partial charge in [0.2, 0.25) is 5.91 Å². The van der Waals surface area contributed by atoms with Crippen LogP contribution in [-0.2, 0) is 15.6 Å². The molecule has 1 atom stereocenters. The van der Waals surface area contributed by atoms with Crippen LogP contribution in [0.15, 0.2) is 51.8 Å². The highest BCUT2D eigenvalue weighted by molar-refractivity contribution is 9.10. The number of nitrogens with two attached hydrogens (primary N) is 1. The maximum atomic E-state index is 13.1. The van der Waals surface area contributed by atoms with E-state index in [2.05, 4.69) is 21.2 Å². The lowest BCUT2D eigenvalue weighted by molar-refractivity contribution is -0.113. The Hall–Kier alpha value is -1.73. The third-order valence-corrected chi connectivity index (χ3v) is 4.48. The van der Waals surface area contributed by atoms with Gasteiger partial charge in [-0.25, -0.2) is 4.39 Å². The van der Waals surface area contributed by atoms with Crippen LogP contribution in [0.3, 0.4) is 0 Å². The maximum Gasteiger partial charge on any atom is 0.237 e. The highest BCUT2D eigenvalue weighted by atomic mass is 79.9. The number of hydrogen-bond donors (Lipinski definition) is 2. The molecule has 7 heteroatoms. The molecule has 1 amide bonds. The summed E-state index contributed by atoms with van der Waals surface area (Å²) in [4.78, 5) is 12.4. The summed E-state index contributed by atoms with van der Waals surface area (Å²) in [5.74, 6) is -1.22. The van der Waals surface area contributed by atoms with Crippen LogP contribution < -0.4 is 11.1 Å². The van der Waals surface area contributed by atoms with Crippen LogP contribution in [0.5, 0.6) is 0 Å². The molecule has 1 unspecified atom stereocenters. The smallest absolute Gasteiger partial charge is 0.237 e. The fourth-order valence-electron chi connectivity index (χ4n) is 1.61. The van der Waals surface area contributed by atoms with E-state index in [0.29, 0.717) is 4.90 Å². The van der Waals surface area contributed by atoms with Gasteiger partial charge in [0.05, 0.1) is 22.2 Å². The number of hydrogen-bond acceptors (Lipinski definition) is 3. The predicted molar refractivity (Wildman–Crippen MR) is 84.9 cm³/mol. The Morgan fingerprint density at radius 3 is 2.57 bits per heavy atom. The van der Waals surface area contributed by atoms with Crippen LogP contribution in [0.25, 0.3) is 0 Å². The number of anilines is 2. The van der Waals surface area contributed by atoms with Gasteiger partial charge in [-0.1, -0.05) is 15.9 Å². The number of benzene rings is 2. The summed E-state index contributed by atoms with van der Waals surface area (Å²) in [7, 11) is -1.47. The van der Waals surface area contributed by atoms with Gasteiger partial charge in [-0.2, -0.15) is 0 Å². The molecule has 0 saturated carbocycles. The van der Waals surface area contributed by atoms with Crippen molar-refractivity contribution in [2.75, 3.05) is 16.8 Å². The summed E-state index contributed by atoms with van der Waals surface area (Å²) >= 11 is 3.28. The van der Waals surface area contributed by atoms with Gasteiger partial charge in [-0.05, 0) is 42.5 Å². The van der Waals surface area contributed by atoms with E-state index in [9.17, 15) is 13.4 Å². The lowest BCUT2D eigenvalue weighted by atomic mass is 10.2. The van der Waals surface area contributed by atoms with Gasteiger partial charge in [0.25, 0.3) is 0 Å². The molecule has 0 aliphatic rings. The number of rotatable bonds is 4. The quantitative estimate of drug-likeness (QED) is 0.812. The fourth-order valence-corrected chi connectivity index (χ4v) is 2.79. The number of carbonyl (C=O) groups is 1. The molecular weight excluding hydrogens is 359 g/mol. The van der Waals surface area contributed by atoms with Gasteiger partial charge in [-0.3, -0.25) is 9.00 Å². The van der Waals surface area contributed by atoms with E-state index in [4.69, 9.17) is 5.73 Å². The summed E-state index contributed by atoms with van der Waals surface area (Å²) in [5.41, 5.74) is 6.06. The first-order chi connectivity index (χ1) is 9.95. The lowest BCUT2D eigenvalue weighted by Gasteiger charge is -2.08. The van der Waals surface area contributed by atoms with Crippen molar-refractivity contribution in [3.63, 3.8) is 0 Å². The van der Waals surface area contributed by atoms with Gasteiger partial charge in [-0.15, -0.1) is 0 Å². The second kappa shape index (κ2) is 6.82. The van der Waals surface area contributed by atoms with Crippen molar-refractivity contribution in [3.05, 3.63) is 52.8 Å². The highest BCUT2D eigenvalue weighted by Crippen LogP contribution is 2.19. The van der Waals surface area contributed by atoms with Crippen molar-refractivity contribution in [3.8, 4) is 0 Å². The number of nitrogens with one attached hydrogen (secondary N) is 1. The monoisotopic (exact) mass is 370 g/mol. The van der Waals surface area contributed by atoms with Crippen molar-refractivity contribution in [2.24, 2.45) is 0 Å². The summed E-state index contributed by atoms with van der Waals surface area (Å²) in [5, 5.41) is 2.46. The van der Waals surface area contributed by atoms with Gasteiger partial charge >= 0.3 is 0 Å². The van der Waals surface area contributed by atoms with Gasteiger partial charge in [0.15, 0.2) is 0 Å². The molecule has 0 radical (unpaired) electrons. The van der Waals surface area contributed by atoms with Crippen molar-refractivity contribution in [2.45, 2.75) is 4.90 Å². The summed E-state index contributed by atoms with van der Waals surface area (Å²) in [6.07, 6.45) is 0. The average molecular weight is 371 g/mol. The zero-order chi connectivity index (χ0) is 15.4. The molecule has 2 aromatic carbocycles. The van der Waals surface area contributed by atoms with Gasteiger partial charge in [0.1, 0.15) is 11.6 Å². The minimum absolute atomic E-state index is 0.174. The molecule has 4 nitrogen and oxygen atoms in total. The second-order valence-electron chi connectivity index (χ2n) is 4.22. The molecule has 0 aromatic heterocycles. The first kappa shape index (κ1) is 15.7. The Morgan fingerprint density at radius 1 is 1.24 bits per heavy atom. The van der Waals surface area contributed by atoms with E-state index in [-0.39, 0.29) is 17.1 Å². The van der Waals surface area contributed by atoms with E-state index in [1.807, 2.05) is 0 Å². The first-order valence-corrected chi connectivity index (χ1v) is 8.06. The minimum Gasteiger partial charge on any atom is -0.397 e. The van der Waals surface area contributed by atoms with E-state index < -0.39 is 22.5 Å². The van der Waals surface area contributed by atoms with Crippen molar-refractivity contribution >= 4 is 44.0 Å². The molecule has 0 aliphatic carbocycles. The molecule has 21 heavy (non-hydrogen) atoms. The maximum absolute atomic E-state index is 13.1. The number of carbonyl (C=O) groups excluding carboxylic acids is 1. The molecule has 0 spiro atoms. The van der Waals surface area contributed by atoms with Crippen LogP contribution in [0.2, 0.25) is 0 Å². The third kappa shape index (κ3) is 4.37. The molecule has 0 saturated heterocycles. The molecule has 0 aliphatic heterocycles. The normalized spacial score (nSPS) is 11.9. The first-order valence-electron chi connectivity index (χ1n) is 5.94. The van der Waals surface area contributed by atoms with Crippen molar-refractivity contribution in [1.82, 2.24) is 0 Å². The Labute approximate surface area is 132 Å². The number of amides is 1. The predicted octanol–water partition coefficient (Wildman–Crippen LogP) is 2.92. The van der Waals surface area contributed by atoms with E-state index in [1.165, 1.54) is 12.1 Å². The van der Waals surface area contributed by atoms with Gasteiger partial charge < -0.3 is 11.1 Å². The average Bonchev–Trinajstić information content (AvgIpc) is 2.43. The molecule has 3 N–H and O–H groups in total. The topological polar surface area (TPSA) is 72.2 Å². The molecule has 2 aromatic rings. The Balaban J connectivity index is 2.03. The van der Waals surface area contributed by atoms with E-state index >= 15 is 0 Å². The van der Waals surface area contributed by atoms with Crippen LogP contribution in [0.1, 0.15) is 0 Å². The fraction of sp³-hybridized carbons (Fsp3) is 0.0714. The van der Waals surface area contributed by atoms with Crippen LogP contribution in [0, 0.1) is 5.82 Å². The molecule has 110 valence electrons. The molecular formula is C14H12BrFN2O2S. The Bertz CT molecular complexity index is 692. The van der Waals surface area contributed by atoms with Crippen molar-refractivity contribution in [1.29, 1.82) is 0 Å². The van der Waals surface area contributed by atoms with Crippen LogP contribution in [-0.4, -0.2) is 15.9 Å². The Kier molecular flexibility index (Phi) is 5.08. The summed E-state index contributed by atoms with van der Waals surface area (Å²) in [6.45, 7) is 0. The largest absolute Gasteiger partial charge is 0.397 e. The Morgan fingerprint density at radius 2 is 1.90 bits per heavy atom. The van der Waals surface area contributed by atoms with E-state index in [1.54, 1.807) is 24.3 Å². The van der Waals surface area contributed by atoms with Crippen LogP contribution >= 0.6 is 15.9 Å². The molecule has 2 rings (SSSR count). The molecule has 0 heterocycles.